The highest BCUT2D eigenvalue weighted by atomic mass is 32.1. The Hall–Kier alpha value is -2.34. The van der Waals surface area contributed by atoms with Gasteiger partial charge in [-0.05, 0) is 35.7 Å². The first-order valence-electron chi connectivity index (χ1n) is 9.57. The van der Waals surface area contributed by atoms with Crippen molar-refractivity contribution in [3.8, 4) is 29.9 Å². The van der Waals surface area contributed by atoms with E-state index in [0.717, 1.165) is 14.6 Å². The Balaban J connectivity index is 1.47. The van der Waals surface area contributed by atoms with Gasteiger partial charge < -0.3 is 14.9 Å². The Morgan fingerprint density at radius 1 is 1.03 bits per heavy atom. The first-order valence-corrected chi connectivity index (χ1v) is 12.1. The second-order valence-electron chi connectivity index (χ2n) is 7.13. The molecule has 0 saturated carbocycles. The molecule has 10 heteroatoms. The van der Waals surface area contributed by atoms with Crippen LogP contribution in [0, 0.1) is 0 Å². The lowest BCUT2D eigenvalue weighted by Crippen LogP contribution is -2.33. The average Bonchev–Trinajstić information content (AvgIpc) is 3.53. The fourth-order valence-electron chi connectivity index (χ4n) is 3.56. The van der Waals surface area contributed by atoms with E-state index in [0.29, 0.717) is 5.56 Å². The Bertz CT molecular complexity index is 1320. The number of H-pyrrole nitrogens is 1. The Kier molecular flexibility index (Phi) is 5.51. The second kappa shape index (κ2) is 8.30. The normalized spacial score (nSPS) is 21.0. The molecule has 0 radical (unpaired) electrons. The quantitative estimate of drug-likeness (QED) is 0.411. The van der Waals surface area contributed by atoms with Crippen LogP contribution in [0.1, 0.15) is 12.6 Å². The minimum atomic E-state index is -0.873. The summed E-state index contributed by atoms with van der Waals surface area (Å²) >= 11 is 4.86. The second-order valence-corrected chi connectivity index (χ2v) is 10.2. The molecule has 0 amide bonds. The van der Waals surface area contributed by atoms with Crippen molar-refractivity contribution in [1.82, 2.24) is 9.55 Å². The molecule has 0 aromatic carbocycles. The first-order chi connectivity index (χ1) is 15.0. The molecule has 4 aromatic rings. The maximum atomic E-state index is 12.5. The van der Waals surface area contributed by atoms with Crippen molar-refractivity contribution >= 4 is 34.0 Å². The number of aromatic nitrogens is 2. The zero-order valence-corrected chi connectivity index (χ0v) is 18.5. The number of nitrogens with one attached hydrogen (secondary N) is 1. The molecule has 1 saturated heterocycles. The Morgan fingerprint density at radius 3 is 2.35 bits per heavy atom. The van der Waals surface area contributed by atoms with Gasteiger partial charge in [-0.25, -0.2) is 4.79 Å². The predicted molar refractivity (Wildman–Crippen MR) is 123 cm³/mol. The largest absolute Gasteiger partial charge is 0.394 e. The van der Waals surface area contributed by atoms with Crippen molar-refractivity contribution in [2.24, 2.45) is 0 Å². The summed E-state index contributed by atoms with van der Waals surface area (Å²) in [6, 6.07) is 12.1. The van der Waals surface area contributed by atoms with Gasteiger partial charge >= 0.3 is 5.69 Å². The lowest BCUT2D eigenvalue weighted by atomic mass is 10.2. The number of thiophene rings is 3. The molecule has 0 unspecified atom stereocenters. The van der Waals surface area contributed by atoms with Crippen LogP contribution in [0.15, 0.2) is 57.6 Å². The van der Waals surface area contributed by atoms with Crippen molar-refractivity contribution < 1.29 is 14.9 Å². The van der Waals surface area contributed by atoms with Crippen LogP contribution in [0.4, 0.5) is 0 Å². The number of hydrogen-bond donors (Lipinski definition) is 3. The molecule has 1 fully saturated rings. The molecule has 5 rings (SSSR count). The molecule has 0 spiro atoms. The molecule has 1 aliphatic rings. The topological polar surface area (TPSA) is 105 Å². The molecule has 31 heavy (non-hydrogen) atoms. The fourth-order valence-corrected chi connectivity index (χ4v) is 6.51. The molecule has 0 bridgehead atoms. The van der Waals surface area contributed by atoms with Gasteiger partial charge in [0.1, 0.15) is 12.3 Å². The first kappa shape index (κ1) is 20.6. The highest BCUT2D eigenvalue weighted by Crippen LogP contribution is 2.40. The van der Waals surface area contributed by atoms with Crippen molar-refractivity contribution in [1.29, 1.82) is 0 Å². The third-order valence-corrected chi connectivity index (χ3v) is 8.61. The summed E-state index contributed by atoms with van der Waals surface area (Å²) in [5.41, 5.74) is -0.728. The van der Waals surface area contributed by atoms with E-state index in [2.05, 4.69) is 28.6 Å². The molecule has 4 aromatic heterocycles. The summed E-state index contributed by atoms with van der Waals surface area (Å²) in [7, 11) is 0. The van der Waals surface area contributed by atoms with E-state index in [1.54, 1.807) is 22.7 Å². The van der Waals surface area contributed by atoms with Crippen LogP contribution in [0.3, 0.4) is 0 Å². The van der Waals surface area contributed by atoms with Crippen LogP contribution in [0.2, 0.25) is 0 Å². The summed E-state index contributed by atoms with van der Waals surface area (Å²) in [6.07, 6.45) is -0.744. The van der Waals surface area contributed by atoms with Gasteiger partial charge in [-0.15, -0.1) is 34.0 Å². The van der Waals surface area contributed by atoms with E-state index in [4.69, 9.17) is 4.74 Å². The van der Waals surface area contributed by atoms with Gasteiger partial charge in [-0.3, -0.25) is 14.3 Å². The molecule has 0 aliphatic carbocycles. The molecular weight excluding hydrogens is 456 g/mol. The average molecular weight is 475 g/mol. The number of hydrogen-bond acceptors (Lipinski definition) is 8. The minimum Gasteiger partial charge on any atom is -0.394 e. The Morgan fingerprint density at radius 2 is 1.71 bits per heavy atom. The van der Waals surface area contributed by atoms with Gasteiger partial charge in [-0.2, -0.15) is 0 Å². The van der Waals surface area contributed by atoms with Gasteiger partial charge in [0.25, 0.3) is 5.56 Å². The van der Waals surface area contributed by atoms with Crippen LogP contribution in [-0.4, -0.2) is 38.6 Å². The minimum absolute atomic E-state index is 0.160. The van der Waals surface area contributed by atoms with E-state index < -0.39 is 29.7 Å². The maximum absolute atomic E-state index is 12.5. The molecule has 7 nitrogen and oxygen atoms in total. The van der Waals surface area contributed by atoms with E-state index in [9.17, 15) is 19.8 Å². The van der Waals surface area contributed by atoms with E-state index in [1.807, 2.05) is 18.2 Å². The van der Waals surface area contributed by atoms with Gasteiger partial charge in [0, 0.05) is 37.0 Å². The van der Waals surface area contributed by atoms with Gasteiger partial charge in [-0.1, -0.05) is 6.07 Å². The lowest BCUT2D eigenvalue weighted by Gasteiger charge is -2.15. The SMILES string of the molecule is O=c1[nH]c(=O)n([C@H]2C[C@H](O)[C@@H](CO)O2)cc1-c1ccc(-c2ccc(-c3cccs3)s2)s1. The molecule has 1 aliphatic heterocycles. The maximum Gasteiger partial charge on any atom is 0.330 e. The number of aliphatic hydroxyl groups is 2. The summed E-state index contributed by atoms with van der Waals surface area (Å²) in [5.74, 6) is 0. The number of ether oxygens (including phenoxy) is 1. The van der Waals surface area contributed by atoms with Crippen molar-refractivity contribution in [3.63, 3.8) is 0 Å². The third-order valence-electron chi connectivity index (χ3n) is 5.15. The van der Waals surface area contributed by atoms with E-state index in [-0.39, 0.29) is 13.0 Å². The predicted octanol–water partition coefficient (Wildman–Crippen LogP) is 3.36. The molecule has 3 atom stereocenters. The monoisotopic (exact) mass is 474 g/mol. The standard InChI is InChI=1S/C21H18N2O5S3/c24-10-13-12(25)8-19(28-13)23-9-11(20(26)22-21(23)27)14-3-4-17(30-14)18-6-5-16(31-18)15-2-1-7-29-15/h1-7,9,12-13,19,24-25H,8,10H2,(H,22,26,27)/t12-,13+,19+/m0/s1. The summed E-state index contributed by atoms with van der Waals surface area (Å²) in [4.78, 5) is 32.5. The third kappa shape index (κ3) is 3.86. The fraction of sp³-hybridized carbons (Fsp3) is 0.238. The van der Waals surface area contributed by atoms with Crippen molar-refractivity contribution in [2.75, 3.05) is 6.61 Å². The Labute approximate surface area is 188 Å². The molecule has 3 N–H and O–H groups in total. The van der Waals surface area contributed by atoms with Crippen LogP contribution < -0.4 is 11.2 Å². The summed E-state index contributed by atoms with van der Waals surface area (Å²) < 4.78 is 6.85. The number of nitrogens with zero attached hydrogens (tertiary/aromatic N) is 1. The van der Waals surface area contributed by atoms with Gasteiger partial charge in [0.05, 0.1) is 18.3 Å². The zero-order valence-electron chi connectivity index (χ0n) is 16.1. The molecule has 5 heterocycles. The van der Waals surface area contributed by atoms with Crippen LogP contribution >= 0.6 is 34.0 Å². The van der Waals surface area contributed by atoms with E-state index >= 15 is 0 Å². The van der Waals surface area contributed by atoms with Crippen LogP contribution in [-0.2, 0) is 4.74 Å². The van der Waals surface area contributed by atoms with Crippen LogP contribution in [0.25, 0.3) is 29.9 Å². The molecule has 160 valence electrons. The molecular formula is C21H18N2O5S3. The smallest absolute Gasteiger partial charge is 0.330 e. The zero-order chi connectivity index (χ0) is 21.5. The summed E-state index contributed by atoms with van der Waals surface area (Å²) in [5, 5.41) is 21.3. The number of aliphatic hydroxyl groups excluding tert-OH is 2. The number of rotatable bonds is 5. The summed E-state index contributed by atoms with van der Waals surface area (Å²) in [6.45, 7) is -0.342. The van der Waals surface area contributed by atoms with Gasteiger partial charge in [0.15, 0.2) is 0 Å². The van der Waals surface area contributed by atoms with Crippen LogP contribution in [0.5, 0.6) is 0 Å². The highest BCUT2D eigenvalue weighted by molar-refractivity contribution is 7.27. The van der Waals surface area contributed by atoms with E-state index in [1.165, 1.54) is 31.9 Å². The van der Waals surface area contributed by atoms with Crippen molar-refractivity contribution in [2.45, 2.75) is 24.9 Å². The lowest BCUT2D eigenvalue weighted by molar-refractivity contribution is -0.0458. The van der Waals surface area contributed by atoms with Crippen molar-refractivity contribution in [3.05, 3.63) is 68.8 Å². The number of aromatic amines is 1. The highest BCUT2D eigenvalue weighted by Gasteiger charge is 2.35. The van der Waals surface area contributed by atoms with Gasteiger partial charge in [0.2, 0.25) is 0 Å².